The first kappa shape index (κ1) is 16.3. The number of carboxylic acid groups (broad SMARTS) is 1. The molecule has 1 fully saturated rings. The first-order valence-electron chi connectivity index (χ1n) is 6.93. The molecule has 0 radical (unpaired) electrons. The largest absolute Gasteiger partial charge is 0.478 e. The Hall–Kier alpha value is -2.09. The molecule has 22 heavy (non-hydrogen) atoms. The van der Waals surface area contributed by atoms with Gasteiger partial charge in [-0.05, 0) is 18.1 Å². The molecule has 2 N–H and O–H groups in total. The van der Waals surface area contributed by atoms with Crippen LogP contribution in [0.25, 0.3) is 0 Å². The van der Waals surface area contributed by atoms with E-state index in [2.05, 4.69) is 5.32 Å². The molecular formula is C14H18N2O5S. The van der Waals surface area contributed by atoms with E-state index in [1.807, 2.05) is 0 Å². The van der Waals surface area contributed by atoms with Gasteiger partial charge in [-0.25, -0.2) is 18.0 Å². The maximum Gasteiger partial charge on any atom is 0.335 e. The number of aromatic carboxylic acids is 1. The molecule has 120 valence electrons. The highest BCUT2D eigenvalue weighted by atomic mass is 32.2. The Morgan fingerprint density at radius 3 is 2.45 bits per heavy atom. The van der Waals surface area contributed by atoms with Crippen LogP contribution in [0.4, 0.5) is 4.79 Å². The van der Waals surface area contributed by atoms with Gasteiger partial charge in [0.2, 0.25) is 0 Å². The average Bonchev–Trinajstić information content (AvgIpc) is 2.47. The second-order valence-electron chi connectivity index (χ2n) is 5.08. The lowest BCUT2D eigenvalue weighted by Crippen LogP contribution is -2.48. The summed E-state index contributed by atoms with van der Waals surface area (Å²) in [5, 5.41) is 11.8. The van der Waals surface area contributed by atoms with Crippen LogP contribution < -0.4 is 5.32 Å². The zero-order valence-corrected chi connectivity index (χ0v) is 12.8. The molecule has 1 aromatic rings. The topological polar surface area (TPSA) is 104 Å². The minimum absolute atomic E-state index is 0.0116. The lowest BCUT2D eigenvalue weighted by molar-refractivity contribution is 0.0695. The molecule has 0 spiro atoms. The second kappa shape index (κ2) is 6.78. The van der Waals surface area contributed by atoms with Gasteiger partial charge in [-0.2, -0.15) is 0 Å². The molecule has 0 aromatic heterocycles. The Bertz CT molecular complexity index is 658. The van der Waals surface area contributed by atoms with Crippen molar-refractivity contribution in [2.45, 2.75) is 6.42 Å². The summed E-state index contributed by atoms with van der Waals surface area (Å²) in [6, 6.07) is 6.32. The number of urea groups is 1. The zero-order valence-electron chi connectivity index (χ0n) is 12.0. The van der Waals surface area contributed by atoms with Crippen LogP contribution in [0.2, 0.25) is 0 Å². The predicted molar refractivity (Wildman–Crippen MR) is 80.7 cm³/mol. The Balaban J connectivity index is 1.84. The molecule has 8 heteroatoms. The second-order valence-corrected chi connectivity index (χ2v) is 7.39. The maximum absolute atomic E-state index is 11.9. The van der Waals surface area contributed by atoms with Crippen molar-refractivity contribution in [1.82, 2.24) is 10.2 Å². The van der Waals surface area contributed by atoms with Crippen molar-refractivity contribution in [3.05, 3.63) is 35.4 Å². The van der Waals surface area contributed by atoms with Crippen molar-refractivity contribution in [3.63, 3.8) is 0 Å². The number of benzene rings is 1. The van der Waals surface area contributed by atoms with Crippen molar-refractivity contribution >= 4 is 21.8 Å². The third-order valence-corrected chi connectivity index (χ3v) is 5.16. The van der Waals surface area contributed by atoms with Crippen LogP contribution in [-0.2, 0) is 16.3 Å². The fraction of sp³-hybridized carbons (Fsp3) is 0.429. The number of carbonyl (C=O) groups is 2. The number of nitrogens with zero attached hydrogens (tertiary/aromatic N) is 1. The summed E-state index contributed by atoms with van der Waals surface area (Å²) >= 11 is 0. The van der Waals surface area contributed by atoms with Crippen LogP contribution >= 0.6 is 0 Å². The van der Waals surface area contributed by atoms with Crippen LogP contribution in [-0.4, -0.2) is 61.6 Å². The van der Waals surface area contributed by atoms with E-state index in [0.717, 1.165) is 0 Å². The van der Waals surface area contributed by atoms with Crippen molar-refractivity contribution in [3.8, 4) is 0 Å². The quantitative estimate of drug-likeness (QED) is 0.832. The van der Waals surface area contributed by atoms with Gasteiger partial charge in [0.05, 0.1) is 17.1 Å². The maximum atomic E-state index is 11.9. The SMILES string of the molecule is O=C(O)c1ccccc1CCNC(=O)N1CCS(=O)(=O)CC1. The Morgan fingerprint density at radius 2 is 1.82 bits per heavy atom. The summed E-state index contributed by atoms with van der Waals surface area (Å²) in [7, 11) is -3.01. The van der Waals surface area contributed by atoms with Gasteiger partial charge >= 0.3 is 12.0 Å². The molecule has 2 rings (SSSR count). The first-order chi connectivity index (χ1) is 10.4. The van der Waals surface area contributed by atoms with E-state index in [1.165, 1.54) is 11.0 Å². The van der Waals surface area contributed by atoms with E-state index >= 15 is 0 Å². The number of carbonyl (C=O) groups excluding carboxylic acids is 1. The van der Waals surface area contributed by atoms with Crippen LogP contribution in [0.1, 0.15) is 15.9 Å². The van der Waals surface area contributed by atoms with Gasteiger partial charge in [-0.1, -0.05) is 18.2 Å². The molecule has 0 atom stereocenters. The molecule has 2 amide bonds. The van der Waals surface area contributed by atoms with E-state index in [1.54, 1.807) is 18.2 Å². The van der Waals surface area contributed by atoms with Gasteiger partial charge in [0.25, 0.3) is 0 Å². The zero-order chi connectivity index (χ0) is 16.2. The first-order valence-corrected chi connectivity index (χ1v) is 8.75. The molecule has 0 bridgehead atoms. The molecule has 0 saturated carbocycles. The minimum Gasteiger partial charge on any atom is -0.478 e. The smallest absolute Gasteiger partial charge is 0.335 e. The summed E-state index contributed by atoms with van der Waals surface area (Å²) in [5.41, 5.74) is 0.873. The fourth-order valence-corrected chi connectivity index (χ4v) is 3.48. The van der Waals surface area contributed by atoms with Gasteiger partial charge in [0.1, 0.15) is 0 Å². The van der Waals surface area contributed by atoms with Gasteiger partial charge in [0, 0.05) is 19.6 Å². The monoisotopic (exact) mass is 326 g/mol. The standard InChI is InChI=1S/C14H18N2O5S/c17-13(18)12-4-2-1-3-11(12)5-6-15-14(19)16-7-9-22(20,21)10-8-16/h1-4H,5-10H2,(H,15,19)(H,17,18). The Morgan fingerprint density at radius 1 is 1.18 bits per heavy atom. The molecule has 1 aliphatic heterocycles. The van der Waals surface area contributed by atoms with E-state index in [-0.39, 0.29) is 36.2 Å². The van der Waals surface area contributed by atoms with Crippen molar-refractivity contribution < 1.29 is 23.1 Å². The molecule has 1 aromatic carbocycles. The number of hydrogen-bond donors (Lipinski definition) is 2. The van der Waals surface area contributed by atoms with Crippen molar-refractivity contribution in [2.75, 3.05) is 31.1 Å². The Labute approximate surface area is 128 Å². The van der Waals surface area contributed by atoms with Crippen molar-refractivity contribution in [2.24, 2.45) is 0 Å². The number of amides is 2. The van der Waals surface area contributed by atoms with Gasteiger partial charge in [-0.15, -0.1) is 0 Å². The molecule has 0 aliphatic carbocycles. The van der Waals surface area contributed by atoms with Crippen LogP contribution in [0, 0.1) is 0 Å². The van der Waals surface area contributed by atoms with E-state index in [0.29, 0.717) is 18.5 Å². The highest BCUT2D eigenvalue weighted by Gasteiger charge is 2.24. The summed E-state index contributed by atoms with van der Waals surface area (Å²) in [6.45, 7) is 0.687. The fourth-order valence-electron chi connectivity index (χ4n) is 2.28. The van der Waals surface area contributed by atoms with Gasteiger partial charge < -0.3 is 15.3 Å². The number of hydrogen-bond acceptors (Lipinski definition) is 4. The van der Waals surface area contributed by atoms with Crippen molar-refractivity contribution in [1.29, 1.82) is 0 Å². The van der Waals surface area contributed by atoms with Gasteiger partial charge in [0.15, 0.2) is 9.84 Å². The molecular weight excluding hydrogens is 308 g/mol. The number of rotatable bonds is 4. The summed E-state index contributed by atoms with van der Waals surface area (Å²) < 4.78 is 22.6. The summed E-state index contributed by atoms with van der Waals surface area (Å²) in [4.78, 5) is 24.5. The van der Waals surface area contributed by atoms with E-state index < -0.39 is 15.8 Å². The predicted octanol–water partition coefficient (Wildman–Crippen LogP) is 0.367. The number of nitrogens with one attached hydrogen (secondary N) is 1. The van der Waals surface area contributed by atoms with Crippen LogP contribution in [0.15, 0.2) is 24.3 Å². The average molecular weight is 326 g/mol. The van der Waals surface area contributed by atoms with E-state index in [9.17, 15) is 18.0 Å². The van der Waals surface area contributed by atoms with Crippen LogP contribution in [0.5, 0.6) is 0 Å². The highest BCUT2D eigenvalue weighted by Crippen LogP contribution is 2.09. The normalized spacial score (nSPS) is 17.0. The third kappa shape index (κ3) is 4.20. The number of sulfone groups is 1. The molecule has 1 saturated heterocycles. The van der Waals surface area contributed by atoms with E-state index in [4.69, 9.17) is 5.11 Å². The molecule has 1 aliphatic rings. The molecule has 7 nitrogen and oxygen atoms in total. The Kier molecular flexibility index (Phi) is 5.02. The molecule has 0 unspecified atom stereocenters. The number of carboxylic acids is 1. The summed E-state index contributed by atoms with van der Waals surface area (Å²) in [6.07, 6.45) is 0.403. The minimum atomic E-state index is -3.01. The lowest BCUT2D eigenvalue weighted by Gasteiger charge is -2.26. The summed E-state index contributed by atoms with van der Waals surface area (Å²) in [5.74, 6) is -1.02. The third-order valence-electron chi connectivity index (χ3n) is 3.55. The lowest BCUT2D eigenvalue weighted by atomic mass is 10.0. The molecule has 1 heterocycles. The highest BCUT2D eigenvalue weighted by molar-refractivity contribution is 7.91. The van der Waals surface area contributed by atoms with Gasteiger partial charge in [-0.3, -0.25) is 0 Å². The van der Waals surface area contributed by atoms with Crippen LogP contribution in [0.3, 0.4) is 0 Å².